The highest BCUT2D eigenvalue weighted by atomic mass is 35.5. The lowest BCUT2D eigenvalue weighted by molar-refractivity contribution is -0.386. The van der Waals surface area contributed by atoms with Gasteiger partial charge in [-0.1, -0.05) is 26.2 Å². The molecular weight excluding hydrogens is 381 g/mol. The van der Waals surface area contributed by atoms with Crippen LogP contribution in [-0.2, 0) is 0 Å². The monoisotopic (exact) mass is 407 g/mol. The molecule has 1 atom stereocenters. The van der Waals surface area contributed by atoms with Gasteiger partial charge in [0.25, 0.3) is 5.69 Å². The number of piperazine rings is 1. The fraction of sp³-hybridized carbons (Fsp3) is 0.647. The second kappa shape index (κ2) is 10.8. The minimum atomic E-state index is -0.299. The maximum atomic E-state index is 11.6. The molecule has 0 saturated carbocycles. The first-order valence-electron chi connectivity index (χ1n) is 8.73. The quantitative estimate of drug-likeness (QED) is 0.421. The largest absolute Gasteiger partial charge is 0.454 e. The van der Waals surface area contributed by atoms with Crippen LogP contribution >= 0.6 is 24.8 Å². The number of unbranched alkanes of at least 4 members (excludes halogenated alkanes) is 2. The fourth-order valence-electron chi connectivity index (χ4n) is 3.49. The molecule has 2 aliphatic heterocycles. The van der Waals surface area contributed by atoms with Crippen molar-refractivity contribution in [2.75, 3.05) is 33.0 Å². The Kier molecular flexibility index (Phi) is 9.43. The first kappa shape index (κ1) is 22.8. The first-order valence-corrected chi connectivity index (χ1v) is 8.73. The predicted octanol–water partition coefficient (Wildman–Crippen LogP) is 3.69. The van der Waals surface area contributed by atoms with Crippen molar-refractivity contribution in [2.24, 2.45) is 0 Å². The van der Waals surface area contributed by atoms with Gasteiger partial charge in [0.1, 0.15) is 0 Å². The zero-order chi connectivity index (χ0) is 16.9. The van der Waals surface area contributed by atoms with Crippen molar-refractivity contribution in [3.8, 4) is 11.5 Å². The molecule has 0 radical (unpaired) electrons. The SMILES string of the molecule is CCCCC[C@@H](c1cc2c(cc1[N+](=O)[O-])OCO2)N1CCNCC1.Cl.Cl. The summed E-state index contributed by atoms with van der Waals surface area (Å²) in [6, 6.07) is 3.39. The molecule has 26 heavy (non-hydrogen) atoms. The second-order valence-corrected chi connectivity index (χ2v) is 6.32. The molecule has 0 amide bonds. The Bertz CT molecular complexity index is 598. The normalized spacial score (nSPS) is 17.1. The molecule has 148 valence electrons. The third-order valence-corrected chi connectivity index (χ3v) is 4.75. The molecule has 9 heteroatoms. The maximum Gasteiger partial charge on any atom is 0.278 e. The molecule has 1 saturated heterocycles. The van der Waals surface area contributed by atoms with Crippen LogP contribution in [0.5, 0.6) is 11.5 Å². The summed E-state index contributed by atoms with van der Waals surface area (Å²) in [6.07, 6.45) is 4.27. The van der Waals surface area contributed by atoms with E-state index in [2.05, 4.69) is 17.1 Å². The number of rotatable bonds is 7. The van der Waals surface area contributed by atoms with Crippen LogP contribution in [-0.4, -0.2) is 42.8 Å². The van der Waals surface area contributed by atoms with Crippen LogP contribution < -0.4 is 14.8 Å². The summed E-state index contributed by atoms with van der Waals surface area (Å²) in [5.41, 5.74) is 0.890. The van der Waals surface area contributed by atoms with Crippen molar-refractivity contribution < 1.29 is 14.4 Å². The summed E-state index contributed by atoms with van der Waals surface area (Å²) in [4.78, 5) is 13.7. The number of nitrogens with zero attached hydrogens (tertiary/aromatic N) is 2. The number of benzene rings is 1. The Morgan fingerprint density at radius 1 is 1.19 bits per heavy atom. The predicted molar refractivity (Wildman–Crippen MR) is 105 cm³/mol. The minimum absolute atomic E-state index is 0. The molecule has 0 spiro atoms. The number of nitro benzene ring substituents is 1. The fourth-order valence-corrected chi connectivity index (χ4v) is 3.49. The van der Waals surface area contributed by atoms with Crippen molar-refractivity contribution >= 4 is 30.5 Å². The van der Waals surface area contributed by atoms with E-state index in [0.717, 1.165) is 57.4 Å². The third kappa shape index (κ3) is 5.13. The first-order chi connectivity index (χ1) is 11.7. The smallest absolute Gasteiger partial charge is 0.278 e. The summed E-state index contributed by atoms with van der Waals surface area (Å²) >= 11 is 0. The van der Waals surface area contributed by atoms with Crippen LogP contribution in [0.1, 0.15) is 44.2 Å². The number of fused-ring (bicyclic) bond motifs is 1. The molecule has 1 N–H and O–H groups in total. The molecule has 2 heterocycles. The highest BCUT2D eigenvalue weighted by Crippen LogP contribution is 2.42. The maximum absolute atomic E-state index is 11.6. The zero-order valence-corrected chi connectivity index (χ0v) is 16.6. The van der Waals surface area contributed by atoms with Crippen LogP contribution in [0.3, 0.4) is 0 Å². The van der Waals surface area contributed by atoms with Crippen LogP contribution in [0.4, 0.5) is 5.69 Å². The summed E-state index contributed by atoms with van der Waals surface area (Å²) in [7, 11) is 0. The Morgan fingerprint density at radius 2 is 1.85 bits per heavy atom. The topological polar surface area (TPSA) is 76.9 Å². The zero-order valence-electron chi connectivity index (χ0n) is 14.9. The van der Waals surface area contributed by atoms with Crippen molar-refractivity contribution in [1.82, 2.24) is 10.2 Å². The van der Waals surface area contributed by atoms with Gasteiger partial charge in [-0.2, -0.15) is 0 Å². The second-order valence-electron chi connectivity index (χ2n) is 6.32. The van der Waals surface area contributed by atoms with Gasteiger partial charge in [0.2, 0.25) is 6.79 Å². The highest BCUT2D eigenvalue weighted by Gasteiger charge is 2.31. The number of halogens is 2. The van der Waals surface area contributed by atoms with E-state index in [1.165, 1.54) is 6.07 Å². The van der Waals surface area contributed by atoms with Gasteiger partial charge in [-0.15, -0.1) is 24.8 Å². The van der Waals surface area contributed by atoms with Gasteiger partial charge in [-0.05, 0) is 12.5 Å². The summed E-state index contributed by atoms with van der Waals surface area (Å²) in [5, 5.41) is 15.0. The molecule has 1 aromatic carbocycles. The van der Waals surface area contributed by atoms with Crippen LogP contribution in [0, 0.1) is 10.1 Å². The van der Waals surface area contributed by atoms with Gasteiger partial charge in [0, 0.05) is 32.2 Å². The third-order valence-electron chi connectivity index (χ3n) is 4.75. The van der Waals surface area contributed by atoms with Gasteiger partial charge in [-0.3, -0.25) is 15.0 Å². The average Bonchev–Trinajstić information content (AvgIpc) is 3.06. The lowest BCUT2D eigenvalue weighted by Gasteiger charge is -2.35. The molecule has 2 aliphatic rings. The Balaban J connectivity index is 0.00000169. The molecule has 1 fully saturated rings. The number of nitrogens with one attached hydrogen (secondary N) is 1. The van der Waals surface area contributed by atoms with Crippen LogP contribution in [0.2, 0.25) is 0 Å². The number of hydrogen-bond acceptors (Lipinski definition) is 6. The van der Waals surface area contributed by atoms with Crippen LogP contribution in [0.25, 0.3) is 0 Å². The van der Waals surface area contributed by atoms with E-state index < -0.39 is 0 Å². The molecule has 0 bridgehead atoms. The van der Waals surface area contributed by atoms with Gasteiger partial charge < -0.3 is 14.8 Å². The molecular formula is C17H27Cl2N3O4. The van der Waals surface area contributed by atoms with Gasteiger partial charge in [-0.25, -0.2) is 0 Å². The highest BCUT2D eigenvalue weighted by molar-refractivity contribution is 5.85. The molecule has 7 nitrogen and oxygen atoms in total. The summed E-state index contributed by atoms with van der Waals surface area (Å²) < 4.78 is 10.8. The Morgan fingerprint density at radius 3 is 2.46 bits per heavy atom. The molecule has 3 rings (SSSR count). The van der Waals surface area contributed by atoms with Crippen molar-refractivity contribution in [3.63, 3.8) is 0 Å². The average molecular weight is 408 g/mol. The summed E-state index contributed by atoms with van der Waals surface area (Å²) in [6.45, 7) is 5.95. The standard InChI is InChI=1S/C17H25N3O4.2ClH/c1-2-3-4-5-14(19-8-6-18-7-9-19)13-10-16-17(24-12-23-16)11-15(13)20(21)22;;/h10-11,14,18H,2-9,12H2,1H3;2*1H/t14-;;/m0../s1. The van der Waals surface area contributed by atoms with E-state index in [1.807, 2.05) is 6.07 Å². The van der Waals surface area contributed by atoms with E-state index in [9.17, 15) is 10.1 Å². The van der Waals surface area contributed by atoms with Gasteiger partial charge in [0.05, 0.1) is 16.6 Å². The lowest BCUT2D eigenvalue weighted by atomic mass is 9.96. The Labute approximate surface area is 166 Å². The molecule has 1 aromatic rings. The van der Waals surface area contributed by atoms with Gasteiger partial charge >= 0.3 is 0 Å². The molecule has 0 unspecified atom stereocenters. The van der Waals surface area contributed by atoms with Gasteiger partial charge in [0.15, 0.2) is 11.5 Å². The molecule has 0 aromatic heterocycles. The van der Waals surface area contributed by atoms with E-state index >= 15 is 0 Å². The molecule has 0 aliphatic carbocycles. The number of ether oxygens (including phenoxy) is 2. The number of hydrogen-bond donors (Lipinski definition) is 1. The minimum Gasteiger partial charge on any atom is -0.454 e. The lowest BCUT2D eigenvalue weighted by Crippen LogP contribution is -2.45. The van der Waals surface area contributed by atoms with E-state index in [-0.39, 0.29) is 48.3 Å². The van der Waals surface area contributed by atoms with E-state index in [4.69, 9.17) is 9.47 Å². The van der Waals surface area contributed by atoms with E-state index in [0.29, 0.717) is 11.5 Å². The van der Waals surface area contributed by atoms with Crippen molar-refractivity contribution in [3.05, 3.63) is 27.8 Å². The van der Waals surface area contributed by atoms with Crippen LogP contribution in [0.15, 0.2) is 12.1 Å². The summed E-state index contributed by atoms with van der Waals surface area (Å²) in [5.74, 6) is 1.09. The van der Waals surface area contributed by atoms with Crippen molar-refractivity contribution in [1.29, 1.82) is 0 Å². The van der Waals surface area contributed by atoms with E-state index in [1.54, 1.807) is 0 Å². The Hall–Kier alpha value is -1.28. The number of nitro groups is 1. The van der Waals surface area contributed by atoms with Crippen molar-refractivity contribution in [2.45, 2.75) is 38.6 Å².